The standard InChI is InChI=1S/C17H13BrN2O3/c1-10-9-20(13-3-2-6-19-16(13)22-10)17(21)15-8-11-7-12(18)4-5-14(11)23-15/h2-8,10H,9H2,1H3/t10-/m1/s1. The van der Waals surface area contributed by atoms with Crippen molar-refractivity contribution in [1.29, 1.82) is 0 Å². The molecule has 3 aromatic rings. The molecule has 0 radical (unpaired) electrons. The van der Waals surface area contributed by atoms with E-state index in [1.54, 1.807) is 23.2 Å². The van der Waals surface area contributed by atoms with Crippen LogP contribution in [0.4, 0.5) is 5.69 Å². The topological polar surface area (TPSA) is 55.6 Å². The number of fused-ring (bicyclic) bond motifs is 2. The summed E-state index contributed by atoms with van der Waals surface area (Å²) in [6.07, 6.45) is 1.53. The summed E-state index contributed by atoms with van der Waals surface area (Å²) in [5.74, 6) is 0.585. The number of carbonyl (C=O) groups excluding carboxylic acids is 1. The van der Waals surface area contributed by atoms with Gasteiger partial charge in [0, 0.05) is 16.1 Å². The fourth-order valence-electron chi connectivity index (χ4n) is 2.71. The summed E-state index contributed by atoms with van der Waals surface area (Å²) in [7, 11) is 0. The number of amides is 1. The van der Waals surface area contributed by atoms with Gasteiger partial charge in [0.05, 0.1) is 6.54 Å². The van der Waals surface area contributed by atoms with Gasteiger partial charge >= 0.3 is 0 Å². The second kappa shape index (κ2) is 5.38. The molecule has 3 heterocycles. The second-order valence-corrected chi connectivity index (χ2v) is 6.38. The van der Waals surface area contributed by atoms with Crippen LogP contribution < -0.4 is 9.64 Å². The van der Waals surface area contributed by atoms with Gasteiger partial charge < -0.3 is 9.15 Å². The Bertz CT molecular complexity index is 906. The maximum atomic E-state index is 12.9. The third kappa shape index (κ3) is 2.49. The van der Waals surface area contributed by atoms with Crippen molar-refractivity contribution >= 4 is 38.5 Å². The highest BCUT2D eigenvalue weighted by Crippen LogP contribution is 2.33. The Hall–Kier alpha value is -2.34. The molecule has 0 bridgehead atoms. The summed E-state index contributed by atoms with van der Waals surface area (Å²) in [6, 6.07) is 11.0. The summed E-state index contributed by atoms with van der Waals surface area (Å²) in [5.41, 5.74) is 1.35. The highest BCUT2D eigenvalue weighted by Gasteiger charge is 2.30. The highest BCUT2D eigenvalue weighted by molar-refractivity contribution is 9.10. The zero-order valence-corrected chi connectivity index (χ0v) is 13.9. The first kappa shape index (κ1) is 14.3. The number of hydrogen-bond acceptors (Lipinski definition) is 4. The molecule has 1 aliphatic rings. The molecule has 1 aromatic carbocycles. The first-order valence-electron chi connectivity index (χ1n) is 7.24. The molecule has 0 unspecified atom stereocenters. The minimum absolute atomic E-state index is 0.125. The molecule has 5 nitrogen and oxygen atoms in total. The van der Waals surface area contributed by atoms with Crippen LogP contribution in [-0.2, 0) is 0 Å². The van der Waals surface area contributed by atoms with E-state index in [0.29, 0.717) is 29.5 Å². The zero-order valence-electron chi connectivity index (χ0n) is 12.3. The van der Waals surface area contributed by atoms with Crippen LogP contribution in [0.25, 0.3) is 11.0 Å². The third-order valence-corrected chi connectivity index (χ3v) is 4.22. The van der Waals surface area contributed by atoms with E-state index < -0.39 is 0 Å². The summed E-state index contributed by atoms with van der Waals surface area (Å²) < 4.78 is 12.3. The molecule has 0 N–H and O–H groups in total. The average molecular weight is 373 g/mol. The maximum Gasteiger partial charge on any atom is 0.294 e. The number of benzene rings is 1. The molecule has 0 saturated heterocycles. The van der Waals surface area contributed by atoms with Crippen LogP contribution in [0.5, 0.6) is 5.88 Å². The highest BCUT2D eigenvalue weighted by atomic mass is 79.9. The van der Waals surface area contributed by atoms with Crippen molar-refractivity contribution in [3.8, 4) is 5.88 Å². The fraction of sp³-hybridized carbons (Fsp3) is 0.176. The molecule has 0 fully saturated rings. The lowest BCUT2D eigenvalue weighted by Gasteiger charge is -2.31. The van der Waals surface area contributed by atoms with Crippen molar-refractivity contribution in [3.63, 3.8) is 0 Å². The monoisotopic (exact) mass is 372 g/mol. The minimum Gasteiger partial charge on any atom is -0.471 e. The van der Waals surface area contributed by atoms with E-state index in [9.17, 15) is 4.79 Å². The van der Waals surface area contributed by atoms with E-state index in [-0.39, 0.29) is 12.0 Å². The predicted molar refractivity (Wildman–Crippen MR) is 89.9 cm³/mol. The van der Waals surface area contributed by atoms with Crippen molar-refractivity contribution < 1.29 is 13.9 Å². The molecule has 0 saturated carbocycles. The third-order valence-electron chi connectivity index (χ3n) is 3.73. The number of aromatic nitrogens is 1. The van der Waals surface area contributed by atoms with Crippen molar-refractivity contribution in [2.45, 2.75) is 13.0 Å². The van der Waals surface area contributed by atoms with Crippen LogP contribution in [0.1, 0.15) is 17.5 Å². The molecule has 2 aromatic heterocycles. The maximum absolute atomic E-state index is 12.9. The van der Waals surface area contributed by atoms with Crippen LogP contribution in [0.2, 0.25) is 0 Å². The van der Waals surface area contributed by atoms with Gasteiger partial charge in [-0.1, -0.05) is 15.9 Å². The number of halogens is 1. The first-order valence-corrected chi connectivity index (χ1v) is 8.04. The molecule has 4 rings (SSSR count). The van der Waals surface area contributed by atoms with Gasteiger partial charge in [-0.25, -0.2) is 4.98 Å². The minimum atomic E-state index is -0.193. The Morgan fingerprint density at radius 2 is 2.22 bits per heavy atom. The molecule has 0 aliphatic carbocycles. The predicted octanol–water partition coefficient (Wildman–Crippen LogP) is 4.02. The summed E-state index contributed by atoms with van der Waals surface area (Å²) in [6.45, 7) is 2.37. The Labute approximate surface area is 141 Å². The van der Waals surface area contributed by atoms with Gasteiger partial charge in [0.25, 0.3) is 5.91 Å². The van der Waals surface area contributed by atoms with Crippen LogP contribution in [0.3, 0.4) is 0 Å². The largest absolute Gasteiger partial charge is 0.471 e. The van der Waals surface area contributed by atoms with E-state index in [1.807, 2.05) is 31.2 Å². The Morgan fingerprint density at radius 1 is 1.35 bits per heavy atom. The molecule has 6 heteroatoms. The molecule has 1 atom stereocenters. The van der Waals surface area contributed by atoms with Crippen molar-refractivity contribution in [1.82, 2.24) is 4.98 Å². The van der Waals surface area contributed by atoms with Crippen molar-refractivity contribution in [2.24, 2.45) is 0 Å². The number of hydrogen-bond donors (Lipinski definition) is 0. The van der Waals surface area contributed by atoms with Crippen LogP contribution in [0.15, 0.2) is 51.5 Å². The molecule has 1 aliphatic heterocycles. The molecule has 0 spiro atoms. The van der Waals surface area contributed by atoms with Crippen LogP contribution in [-0.4, -0.2) is 23.5 Å². The number of rotatable bonds is 1. The first-order chi connectivity index (χ1) is 11.1. The van der Waals surface area contributed by atoms with E-state index in [4.69, 9.17) is 9.15 Å². The number of pyridine rings is 1. The van der Waals surface area contributed by atoms with E-state index in [2.05, 4.69) is 20.9 Å². The number of furan rings is 1. The lowest BCUT2D eigenvalue weighted by atomic mass is 10.2. The number of ether oxygens (including phenoxy) is 1. The van der Waals surface area contributed by atoms with Gasteiger partial charge in [-0.2, -0.15) is 0 Å². The number of anilines is 1. The molecule has 23 heavy (non-hydrogen) atoms. The summed E-state index contributed by atoms with van der Waals surface area (Å²) in [4.78, 5) is 18.8. The molecule has 1 amide bonds. The van der Waals surface area contributed by atoms with Crippen molar-refractivity contribution in [3.05, 3.63) is 52.8 Å². The SMILES string of the molecule is C[C@@H]1CN(C(=O)c2cc3cc(Br)ccc3o2)c2cccnc2O1. The summed E-state index contributed by atoms with van der Waals surface area (Å²) in [5, 5.41) is 0.885. The van der Waals surface area contributed by atoms with E-state index >= 15 is 0 Å². The number of nitrogens with zero attached hydrogens (tertiary/aromatic N) is 2. The van der Waals surface area contributed by atoms with Gasteiger partial charge in [-0.05, 0) is 43.3 Å². The molecular weight excluding hydrogens is 360 g/mol. The zero-order chi connectivity index (χ0) is 16.0. The van der Waals surface area contributed by atoms with Gasteiger partial charge in [-0.3, -0.25) is 9.69 Å². The van der Waals surface area contributed by atoms with Gasteiger partial charge in [-0.15, -0.1) is 0 Å². The smallest absolute Gasteiger partial charge is 0.294 e. The van der Waals surface area contributed by atoms with Gasteiger partial charge in [0.1, 0.15) is 17.4 Å². The van der Waals surface area contributed by atoms with Gasteiger partial charge in [0.15, 0.2) is 5.76 Å². The van der Waals surface area contributed by atoms with Crippen LogP contribution >= 0.6 is 15.9 Å². The fourth-order valence-corrected chi connectivity index (χ4v) is 3.09. The van der Waals surface area contributed by atoms with Crippen molar-refractivity contribution in [2.75, 3.05) is 11.4 Å². The normalized spacial score (nSPS) is 17.0. The lowest BCUT2D eigenvalue weighted by Crippen LogP contribution is -2.42. The van der Waals surface area contributed by atoms with E-state index in [1.165, 1.54) is 0 Å². The van der Waals surface area contributed by atoms with E-state index in [0.717, 1.165) is 9.86 Å². The molecular formula is C17H13BrN2O3. The average Bonchev–Trinajstić information content (AvgIpc) is 2.96. The molecule has 116 valence electrons. The lowest BCUT2D eigenvalue weighted by molar-refractivity contribution is 0.0934. The Kier molecular flexibility index (Phi) is 3.34. The van der Waals surface area contributed by atoms with Gasteiger partial charge in [0.2, 0.25) is 5.88 Å². The Balaban J connectivity index is 1.76. The summed E-state index contributed by atoms with van der Waals surface area (Å²) >= 11 is 3.42. The Morgan fingerprint density at radius 3 is 3.09 bits per heavy atom. The number of carbonyl (C=O) groups is 1. The van der Waals surface area contributed by atoms with Crippen LogP contribution in [0, 0.1) is 0 Å². The quantitative estimate of drug-likeness (QED) is 0.647. The second-order valence-electron chi connectivity index (χ2n) is 5.46.